The third-order valence-electron chi connectivity index (χ3n) is 2.19. The van der Waals surface area contributed by atoms with E-state index >= 15 is 0 Å². The van der Waals surface area contributed by atoms with E-state index in [2.05, 4.69) is 5.16 Å². The second-order valence-electron chi connectivity index (χ2n) is 4.09. The summed E-state index contributed by atoms with van der Waals surface area (Å²) >= 11 is 0. The van der Waals surface area contributed by atoms with Gasteiger partial charge in [-0.1, -0.05) is 17.3 Å². The number of rotatable bonds is 5. The van der Waals surface area contributed by atoms with Crippen LogP contribution in [0.4, 0.5) is 0 Å². The van der Waals surface area contributed by atoms with Crippen molar-refractivity contribution in [2.24, 2.45) is 5.16 Å². The number of oxime groups is 1. The monoisotopic (exact) mass is 235 g/mol. The van der Waals surface area contributed by atoms with E-state index in [1.54, 1.807) is 0 Å². The number of carbonyl (C=O) groups is 1. The average Bonchev–Trinajstić information content (AvgIpc) is 2.26. The molecule has 1 rings (SSSR count). The molecule has 0 aliphatic carbocycles. The number of Topliss-reactive ketones (excluding diaryl/α,β-unsaturated/α-hetero) is 1. The lowest BCUT2D eigenvalue weighted by Gasteiger charge is -2.10. The van der Waals surface area contributed by atoms with Crippen LogP contribution in [0.1, 0.15) is 26.3 Å². The Morgan fingerprint density at radius 3 is 2.35 bits per heavy atom. The van der Waals surface area contributed by atoms with Crippen LogP contribution in [0.2, 0.25) is 0 Å². The Labute approximate surface area is 101 Å². The molecule has 0 aliphatic heterocycles. The van der Waals surface area contributed by atoms with Gasteiger partial charge in [-0.2, -0.15) is 0 Å². The third-order valence-corrected chi connectivity index (χ3v) is 2.19. The second-order valence-corrected chi connectivity index (χ2v) is 4.09. The van der Waals surface area contributed by atoms with Gasteiger partial charge in [0, 0.05) is 13.3 Å². The fourth-order valence-electron chi connectivity index (χ4n) is 1.38. The maximum atomic E-state index is 11.1. The van der Waals surface area contributed by atoms with Crippen molar-refractivity contribution in [2.75, 3.05) is 0 Å². The smallest absolute Gasteiger partial charge is 0.177 e. The zero-order chi connectivity index (χ0) is 12.8. The van der Waals surface area contributed by atoms with Gasteiger partial charge in [0.05, 0.1) is 6.10 Å². The molecule has 0 fully saturated rings. The van der Waals surface area contributed by atoms with Gasteiger partial charge in [0.2, 0.25) is 0 Å². The van der Waals surface area contributed by atoms with Crippen LogP contribution in [-0.2, 0) is 11.2 Å². The van der Waals surface area contributed by atoms with E-state index in [0.717, 1.165) is 11.3 Å². The molecule has 0 saturated heterocycles. The van der Waals surface area contributed by atoms with Crippen molar-refractivity contribution < 1.29 is 14.7 Å². The zero-order valence-corrected chi connectivity index (χ0v) is 10.3. The average molecular weight is 235 g/mol. The molecule has 0 radical (unpaired) electrons. The molecule has 0 atom stereocenters. The number of hydrogen-bond donors (Lipinski definition) is 1. The molecule has 4 nitrogen and oxygen atoms in total. The molecule has 17 heavy (non-hydrogen) atoms. The number of carbonyl (C=O) groups excluding carboxylic acids is 1. The molecule has 0 bridgehead atoms. The molecular formula is C13H17NO3. The van der Waals surface area contributed by atoms with Gasteiger partial charge in [-0.05, 0) is 31.5 Å². The summed E-state index contributed by atoms with van der Waals surface area (Å²) in [5.74, 6) is 0.559. The van der Waals surface area contributed by atoms with Crippen LogP contribution in [0.5, 0.6) is 5.75 Å². The second kappa shape index (κ2) is 6.03. The summed E-state index contributed by atoms with van der Waals surface area (Å²) < 4.78 is 5.50. The molecule has 0 heterocycles. The van der Waals surface area contributed by atoms with Gasteiger partial charge in [0.25, 0.3) is 0 Å². The zero-order valence-electron chi connectivity index (χ0n) is 10.3. The predicted molar refractivity (Wildman–Crippen MR) is 65.8 cm³/mol. The van der Waals surface area contributed by atoms with Crippen LogP contribution >= 0.6 is 0 Å². The van der Waals surface area contributed by atoms with Gasteiger partial charge in [-0.15, -0.1) is 0 Å². The van der Waals surface area contributed by atoms with Gasteiger partial charge in [0.1, 0.15) is 11.5 Å². The maximum Gasteiger partial charge on any atom is 0.177 e. The molecule has 0 amide bonds. The quantitative estimate of drug-likeness (QED) is 0.484. The molecule has 1 aromatic rings. The molecule has 1 aromatic carbocycles. The standard InChI is InChI=1S/C13H17NO3/c1-9(2)17-12-6-4-11(5-7-12)8-13(14-16)10(3)15/h4-7,9,16H,8H2,1-3H3/b14-13+. The number of ether oxygens (including phenoxy) is 1. The Balaban J connectivity index is 2.71. The molecule has 4 heteroatoms. The SMILES string of the molecule is CC(=O)/C(Cc1ccc(OC(C)C)cc1)=N/O. The first-order valence-electron chi connectivity index (χ1n) is 5.50. The number of nitrogens with zero attached hydrogens (tertiary/aromatic N) is 1. The largest absolute Gasteiger partial charge is 0.491 e. The summed E-state index contributed by atoms with van der Waals surface area (Å²) in [5, 5.41) is 11.7. The van der Waals surface area contributed by atoms with E-state index in [-0.39, 0.29) is 17.6 Å². The van der Waals surface area contributed by atoms with Crippen molar-refractivity contribution in [2.45, 2.75) is 33.3 Å². The van der Waals surface area contributed by atoms with E-state index in [1.807, 2.05) is 38.1 Å². The lowest BCUT2D eigenvalue weighted by atomic mass is 10.1. The summed E-state index contributed by atoms with van der Waals surface area (Å²) in [7, 11) is 0. The minimum atomic E-state index is -0.227. The van der Waals surface area contributed by atoms with Gasteiger partial charge in [-0.25, -0.2) is 0 Å². The Morgan fingerprint density at radius 2 is 1.94 bits per heavy atom. The first-order chi connectivity index (χ1) is 8.02. The van der Waals surface area contributed by atoms with Gasteiger partial charge in [-0.3, -0.25) is 4.79 Å². The Hall–Kier alpha value is -1.84. The van der Waals surface area contributed by atoms with E-state index < -0.39 is 0 Å². The van der Waals surface area contributed by atoms with Crippen LogP contribution in [-0.4, -0.2) is 22.8 Å². The van der Waals surface area contributed by atoms with E-state index in [4.69, 9.17) is 9.94 Å². The summed E-state index contributed by atoms with van der Waals surface area (Å²) in [5.41, 5.74) is 1.06. The number of benzene rings is 1. The lowest BCUT2D eigenvalue weighted by Crippen LogP contribution is -2.13. The molecule has 0 saturated carbocycles. The fourth-order valence-corrected chi connectivity index (χ4v) is 1.38. The van der Waals surface area contributed by atoms with Crippen LogP contribution in [0, 0.1) is 0 Å². The van der Waals surface area contributed by atoms with Gasteiger partial charge < -0.3 is 9.94 Å². The Kier molecular flexibility index (Phi) is 4.69. The molecule has 1 N–H and O–H groups in total. The molecule has 0 aromatic heterocycles. The van der Waals surface area contributed by atoms with Crippen LogP contribution in [0.3, 0.4) is 0 Å². The number of ketones is 1. The molecule has 0 aliphatic rings. The Morgan fingerprint density at radius 1 is 1.35 bits per heavy atom. The molecule has 0 spiro atoms. The van der Waals surface area contributed by atoms with Crippen molar-refractivity contribution in [1.29, 1.82) is 0 Å². The summed E-state index contributed by atoms with van der Waals surface area (Å²) in [6.07, 6.45) is 0.459. The van der Waals surface area contributed by atoms with Gasteiger partial charge >= 0.3 is 0 Å². The van der Waals surface area contributed by atoms with Crippen LogP contribution in [0.15, 0.2) is 29.4 Å². The third kappa shape index (κ3) is 4.26. The van der Waals surface area contributed by atoms with Crippen LogP contribution in [0.25, 0.3) is 0 Å². The maximum absolute atomic E-state index is 11.1. The highest BCUT2D eigenvalue weighted by atomic mass is 16.5. The topological polar surface area (TPSA) is 58.9 Å². The van der Waals surface area contributed by atoms with Crippen molar-refractivity contribution in [3.05, 3.63) is 29.8 Å². The summed E-state index contributed by atoms with van der Waals surface area (Å²) in [4.78, 5) is 11.1. The van der Waals surface area contributed by atoms with E-state index in [1.165, 1.54) is 6.92 Å². The van der Waals surface area contributed by atoms with Crippen molar-refractivity contribution in [1.82, 2.24) is 0 Å². The van der Waals surface area contributed by atoms with Gasteiger partial charge in [0.15, 0.2) is 5.78 Å². The molecule has 92 valence electrons. The molecule has 0 unspecified atom stereocenters. The minimum absolute atomic E-state index is 0.132. The van der Waals surface area contributed by atoms with Crippen LogP contribution < -0.4 is 4.74 Å². The summed E-state index contributed by atoms with van der Waals surface area (Å²) in [6.45, 7) is 5.30. The van der Waals surface area contributed by atoms with Crippen molar-refractivity contribution in [3.8, 4) is 5.75 Å². The minimum Gasteiger partial charge on any atom is -0.491 e. The Bertz CT molecular complexity index is 407. The summed E-state index contributed by atoms with van der Waals surface area (Å²) in [6, 6.07) is 7.38. The predicted octanol–water partition coefficient (Wildman–Crippen LogP) is 2.44. The number of hydrogen-bond acceptors (Lipinski definition) is 4. The highest BCUT2D eigenvalue weighted by molar-refractivity contribution is 6.39. The fraction of sp³-hybridized carbons (Fsp3) is 0.385. The highest BCUT2D eigenvalue weighted by Crippen LogP contribution is 2.14. The first-order valence-corrected chi connectivity index (χ1v) is 5.50. The lowest BCUT2D eigenvalue weighted by molar-refractivity contribution is -0.111. The normalized spacial score (nSPS) is 11.6. The molecular weight excluding hydrogens is 218 g/mol. The van der Waals surface area contributed by atoms with E-state index in [9.17, 15) is 4.79 Å². The highest BCUT2D eigenvalue weighted by Gasteiger charge is 2.08. The van der Waals surface area contributed by atoms with E-state index in [0.29, 0.717) is 6.42 Å². The van der Waals surface area contributed by atoms with Crippen molar-refractivity contribution >= 4 is 11.5 Å². The van der Waals surface area contributed by atoms with Crippen molar-refractivity contribution in [3.63, 3.8) is 0 Å². The first kappa shape index (κ1) is 13.2.